The molecular formula is C16H26ClN5O2. The number of hydrogen-bond acceptors (Lipinski definition) is 6. The van der Waals surface area contributed by atoms with E-state index in [2.05, 4.69) is 14.9 Å². The Labute approximate surface area is 148 Å². The highest BCUT2D eigenvalue weighted by Gasteiger charge is 2.26. The number of nitrogens with zero attached hydrogens (tertiary/aromatic N) is 4. The SMILES string of the molecule is CN(C[C@@H]1CCCN(c2cc(Cl)nc(N)n2)C1)C(=O)OC(C)(C)C. The second kappa shape index (κ2) is 7.42. The van der Waals surface area contributed by atoms with Crippen LogP contribution >= 0.6 is 11.6 Å². The molecule has 7 nitrogen and oxygen atoms in total. The van der Waals surface area contributed by atoms with Crippen molar-refractivity contribution in [3.05, 3.63) is 11.2 Å². The number of nitrogens with two attached hydrogens (primary N) is 1. The van der Waals surface area contributed by atoms with Gasteiger partial charge in [-0.2, -0.15) is 4.98 Å². The number of hydrogen-bond donors (Lipinski definition) is 1. The molecule has 2 rings (SSSR count). The Balaban J connectivity index is 1.96. The van der Waals surface area contributed by atoms with Crippen molar-refractivity contribution in [2.75, 3.05) is 37.3 Å². The quantitative estimate of drug-likeness (QED) is 0.839. The second-order valence-corrected chi connectivity index (χ2v) is 7.61. The van der Waals surface area contributed by atoms with E-state index in [1.54, 1.807) is 18.0 Å². The van der Waals surface area contributed by atoms with Crippen molar-refractivity contribution in [1.82, 2.24) is 14.9 Å². The predicted octanol–water partition coefficient (Wildman–Crippen LogP) is 2.80. The van der Waals surface area contributed by atoms with Crippen LogP contribution in [0.5, 0.6) is 0 Å². The second-order valence-electron chi connectivity index (χ2n) is 7.22. The van der Waals surface area contributed by atoms with Crippen molar-refractivity contribution in [1.29, 1.82) is 0 Å². The average molecular weight is 356 g/mol. The predicted molar refractivity (Wildman–Crippen MR) is 95.3 cm³/mol. The Morgan fingerprint density at radius 3 is 2.83 bits per heavy atom. The number of amides is 1. The summed E-state index contributed by atoms with van der Waals surface area (Å²) in [6, 6.07) is 1.72. The highest BCUT2D eigenvalue weighted by atomic mass is 35.5. The summed E-state index contributed by atoms with van der Waals surface area (Å²) in [5.74, 6) is 1.24. The first kappa shape index (κ1) is 18.6. The van der Waals surface area contributed by atoms with E-state index in [-0.39, 0.29) is 12.0 Å². The minimum atomic E-state index is -0.487. The third kappa shape index (κ3) is 5.40. The molecule has 0 aromatic carbocycles. The van der Waals surface area contributed by atoms with Gasteiger partial charge in [-0.05, 0) is 39.5 Å². The number of carbonyl (C=O) groups excluding carboxylic acids is 1. The van der Waals surface area contributed by atoms with Crippen LogP contribution in [0.25, 0.3) is 0 Å². The van der Waals surface area contributed by atoms with E-state index >= 15 is 0 Å². The molecular weight excluding hydrogens is 330 g/mol. The van der Waals surface area contributed by atoms with Crippen molar-refractivity contribution in [2.45, 2.75) is 39.2 Å². The number of rotatable bonds is 3. The fourth-order valence-electron chi connectivity index (χ4n) is 2.81. The monoisotopic (exact) mass is 355 g/mol. The maximum Gasteiger partial charge on any atom is 0.410 e. The highest BCUT2D eigenvalue weighted by molar-refractivity contribution is 6.29. The van der Waals surface area contributed by atoms with E-state index in [1.807, 2.05) is 20.8 Å². The summed E-state index contributed by atoms with van der Waals surface area (Å²) in [6.07, 6.45) is 1.78. The smallest absolute Gasteiger partial charge is 0.410 e. The van der Waals surface area contributed by atoms with E-state index in [9.17, 15) is 4.79 Å². The summed E-state index contributed by atoms with van der Waals surface area (Å²) in [4.78, 5) is 24.0. The molecule has 8 heteroatoms. The molecule has 1 aliphatic rings. The van der Waals surface area contributed by atoms with Crippen LogP contribution in [0.3, 0.4) is 0 Å². The minimum absolute atomic E-state index is 0.172. The lowest BCUT2D eigenvalue weighted by Crippen LogP contribution is -2.43. The van der Waals surface area contributed by atoms with Crippen LogP contribution < -0.4 is 10.6 Å². The lowest BCUT2D eigenvalue weighted by molar-refractivity contribution is 0.0269. The van der Waals surface area contributed by atoms with E-state index in [0.717, 1.165) is 31.7 Å². The van der Waals surface area contributed by atoms with Crippen LogP contribution in [-0.4, -0.2) is 53.2 Å². The van der Waals surface area contributed by atoms with E-state index < -0.39 is 5.60 Å². The number of halogens is 1. The average Bonchev–Trinajstić information content (AvgIpc) is 2.44. The number of aromatic nitrogens is 2. The lowest BCUT2D eigenvalue weighted by Gasteiger charge is -2.35. The molecule has 134 valence electrons. The number of piperidine rings is 1. The Kier molecular flexibility index (Phi) is 5.74. The molecule has 1 amide bonds. The summed E-state index contributed by atoms with van der Waals surface area (Å²) >= 11 is 5.97. The number of nitrogen functional groups attached to an aromatic ring is 1. The van der Waals surface area contributed by atoms with Gasteiger partial charge < -0.3 is 20.3 Å². The first-order chi connectivity index (χ1) is 11.1. The van der Waals surface area contributed by atoms with E-state index in [0.29, 0.717) is 17.6 Å². The Morgan fingerprint density at radius 1 is 1.50 bits per heavy atom. The van der Waals surface area contributed by atoms with Crippen LogP contribution in [0.15, 0.2) is 6.07 Å². The van der Waals surface area contributed by atoms with Gasteiger partial charge in [-0.15, -0.1) is 0 Å². The first-order valence-electron chi connectivity index (χ1n) is 8.13. The van der Waals surface area contributed by atoms with Crippen LogP contribution in [0, 0.1) is 5.92 Å². The van der Waals surface area contributed by atoms with Crippen molar-refractivity contribution in [3.8, 4) is 0 Å². The number of anilines is 2. The fourth-order valence-corrected chi connectivity index (χ4v) is 2.99. The third-order valence-electron chi connectivity index (χ3n) is 3.78. The summed E-state index contributed by atoms with van der Waals surface area (Å²) in [7, 11) is 1.77. The molecule has 0 spiro atoms. The van der Waals surface area contributed by atoms with Crippen LogP contribution in [0.2, 0.25) is 5.15 Å². The topological polar surface area (TPSA) is 84.6 Å². The Morgan fingerprint density at radius 2 is 2.21 bits per heavy atom. The van der Waals surface area contributed by atoms with Gasteiger partial charge in [0.05, 0.1) is 0 Å². The van der Waals surface area contributed by atoms with Gasteiger partial charge in [-0.1, -0.05) is 11.6 Å². The van der Waals surface area contributed by atoms with Crippen LogP contribution in [-0.2, 0) is 4.74 Å². The molecule has 0 bridgehead atoms. The van der Waals surface area contributed by atoms with Gasteiger partial charge in [0.15, 0.2) is 0 Å². The summed E-state index contributed by atoms with van der Waals surface area (Å²) in [5.41, 5.74) is 5.19. The molecule has 1 fully saturated rings. The van der Waals surface area contributed by atoms with Crippen molar-refractivity contribution in [3.63, 3.8) is 0 Å². The zero-order valence-electron chi connectivity index (χ0n) is 14.8. The van der Waals surface area contributed by atoms with Gasteiger partial charge in [0.2, 0.25) is 5.95 Å². The fraction of sp³-hybridized carbons (Fsp3) is 0.688. The summed E-state index contributed by atoms with van der Waals surface area (Å²) < 4.78 is 5.40. The molecule has 0 unspecified atom stereocenters. The summed E-state index contributed by atoms with van der Waals surface area (Å²) in [5, 5.41) is 0.338. The van der Waals surface area contributed by atoms with Gasteiger partial charge in [-0.25, -0.2) is 9.78 Å². The van der Waals surface area contributed by atoms with Crippen LogP contribution in [0.1, 0.15) is 33.6 Å². The third-order valence-corrected chi connectivity index (χ3v) is 3.97. The maximum atomic E-state index is 12.1. The summed E-state index contributed by atoms with van der Waals surface area (Å²) in [6.45, 7) is 7.91. The normalized spacial score (nSPS) is 18.4. The lowest BCUT2D eigenvalue weighted by atomic mass is 9.97. The van der Waals surface area contributed by atoms with Crippen molar-refractivity contribution in [2.24, 2.45) is 5.92 Å². The maximum absolute atomic E-state index is 12.1. The molecule has 0 aliphatic carbocycles. The standard InChI is InChI=1S/C16H26ClN5O2/c1-16(2,3)24-15(23)21(4)9-11-6-5-7-22(10-11)13-8-12(17)19-14(18)20-13/h8,11H,5-7,9-10H2,1-4H3,(H2,18,19,20)/t11-/m0/s1. The zero-order chi connectivity index (χ0) is 17.9. The van der Waals surface area contributed by atoms with Gasteiger partial charge >= 0.3 is 6.09 Å². The molecule has 0 saturated carbocycles. The van der Waals surface area contributed by atoms with Gasteiger partial charge in [0, 0.05) is 32.7 Å². The molecule has 2 heterocycles. The van der Waals surface area contributed by atoms with Crippen molar-refractivity contribution < 1.29 is 9.53 Å². The van der Waals surface area contributed by atoms with Gasteiger partial charge in [0.25, 0.3) is 0 Å². The molecule has 1 saturated heterocycles. The molecule has 1 aromatic heterocycles. The molecule has 1 aromatic rings. The number of carbonyl (C=O) groups is 1. The van der Waals surface area contributed by atoms with Crippen molar-refractivity contribution >= 4 is 29.5 Å². The Bertz CT molecular complexity index is 570. The minimum Gasteiger partial charge on any atom is -0.444 e. The van der Waals surface area contributed by atoms with Gasteiger partial charge in [0.1, 0.15) is 16.6 Å². The van der Waals surface area contributed by atoms with Gasteiger partial charge in [-0.3, -0.25) is 0 Å². The number of ether oxygens (including phenoxy) is 1. The highest BCUT2D eigenvalue weighted by Crippen LogP contribution is 2.24. The van der Waals surface area contributed by atoms with E-state index in [1.165, 1.54) is 0 Å². The molecule has 0 radical (unpaired) electrons. The van der Waals surface area contributed by atoms with E-state index in [4.69, 9.17) is 22.1 Å². The molecule has 2 N–H and O–H groups in total. The zero-order valence-corrected chi connectivity index (χ0v) is 15.5. The largest absolute Gasteiger partial charge is 0.444 e. The molecule has 1 atom stereocenters. The van der Waals surface area contributed by atoms with Crippen LogP contribution in [0.4, 0.5) is 16.6 Å². The Hall–Kier alpha value is -1.76. The molecule has 24 heavy (non-hydrogen) atoms. The first-order valence-corrected chi connectivity index (χ1v) is 8.51. The molecule has 1 aliphatic heterocycles.